The topological polar surface area (TPSA) is 54.0 Å². The molecule has 1 N–H and O–H groups in total. The van der Waals surface area contributed by atoms with Crippen LogP contribution in [0.4, 0.5) is 0 Å². The predicted octanol–water partition coefficient (Wildman–Crippen LogP) is 0.433. The van der Waals surface area contributed by atoms with Crippen LogP contribution in [0.25, 0.3) is 0 Å². The van der Waals surface area contributed by atoms with Gasteiger partial charge < -0.3 is 14.8 Å². The van der Waals surface area contributed by atoms with Crippen LogP contribution in [0, 0.1) is 0 Å². The second-order valence-corrected chi connectivity index (χ2v) is 5.74. The first-order valence-electron chi connectivity index (χ1n) is 7.68. The van der Waals surface area contributed by atoms with Gasteiger partial charge in [0, 0.05) is 45.3 Å². The van der Waals surface area contributed by atoms with Gasteiger partial charge in [-0.1, -0.05) is 6.07 Å². The number of para-hydroxylation sites is 1. The third-order valence-electron chi connectivity index (χ3n) is 4.54. The number of benzene rings is 1. The Labute approximate surface area is 131 Å². The Balaban J connectivity index is 1.65. The van der Waals surface area contributed by atoms with E-state index in [2.05, 4.69) is 15.1 Å². The van der Waals surface area contributed by atoms with Crippen LogP contribution in [-0.2, 0) is 0 Å². The van der Waals surface area contributed by atoms with Crippen LogP contribution in [0.2, 0.25) is 0 Å². The van der Waals surface area contributed by atoms with E-state index in [1.807, 2.05) is 0 Å². The van der Waals surface area contributed by atoms with Gasteiger partial charge in [0.1, 0.15) is 0 Å². The summed E-state index contributed by atoms with van der Waals surface area (Å²) in [4.78, 5) is 17.4. The number of fused-ring (bicyclic) bond motifs is 3. The second-order valence-electron chi connectivity index (χ2n) is 5.74. The molecule has 3 heterocycles. The molecule has 1 amide bonds. The number of piperazine rings is 3. The fourth-order valence-electron chi connectivity index (χ4n) is 3.29. The van der Waals surface area contributed by atoms with Crippen molar-refractivity contribution < 1.29 is 14.3 Å². The number of methoxy groups -OCH3 is 2. The Kier molecular flexibility index (Phi) is 4.49. The summed E-state index contributed by atoms with van der Waals surface area (Å²) in [6, 6.07) is 5.75. The van der Waals surface area contributed by atoms with E-state index in [1.165, 1.54) is 0 Å². The largest absolute Gasteiger partial charge is 0.493 e. The number of amides is 1. The SMILES string of the molecule is COc1cccc(C(=O)NCC2CN3CCN2CC3)c1OC. The highest BCUT2D eigenvalue weighted by atomic mass is 16.5. The number of hydrogen-bond acceptors (Lipinski definition) is 5. The van der Waals surface area contributed by atoms with Gasteiger partial charge in [-0.3, -0.25) is 14.6 Å². The Bertz CT molecular complexity index is 541. The first kappa shape index (κ1) is 15.1. The van der Waals surface area contributed by atoms with E-state index in [0.29, 0.717) is 29.6 Å². The van der Waals surface area contributed by atoms with Crippen LogP contribution in [0.1, 0.15) is 10.4 Å². The third kappa shape index (κ3) is 2.89. The standard InChI is InChI=1S/C16H23N3O3/c1-21-14-5-3-4-13(15(14)22-2)16(20)17-10-12-11-18-6-8-19(12)9-7-18/h3-5,12H,6-11H2,1-2H3,(H,17,20). The van der Waals surface area contributed by atoms with Gasteiger partial charge in [0.2, 0.25) is 0 Å². The quantitative estimate of drug-likeness (QED) is 0.855. The number of carbonyl (C=O) groups is 1. The summed E-state index contributed by atoms with van der Waals surface area (Å²) >= 11 is 0. The number of nitrogens with zero attached hydrogens (tertiary/aromatic N) is 2. The predicted molar refractivity (Wildman–Crippen MR) is 83.7 cm³/mol. The Morgan fingerprint density at radius 1 is 1.23 bits per heavy atom. The van der Waals surface area contributed by atoms with Crippen molar-refractivity contribution in [2.75, 3.05) is 53.5 Å². The van der Waals surface area contributed by atoms with Crippen LogP contribution in [0.3, 0.4) is 0 Å². The average Bonchev–Trinajstić information content (AvgIpc) is 2.59. The summed E-state index contributed by atoms with van der Waals surface area (Å²) in [5.41, 5.74) is 0.512. The van der Waals surface area contributed by atoms with Crippen molar-refractivity contribution in [1.82, 2.24) is 15.1 Å². The fraction of sp³-hybridized carbons (Fsp3) is 0.562. The molecule has 0 aliphatic carbocycles. The molecule has 6 nitrogen and oxygen atoms in total. The highest BCUT2D eigenvalue weighted by molar-refractivity contribution is 5.97. The Morgan fingerprint density at radius 2 is 2.00 bits per heavy atom. The molecule has 1 aromatic rings. The molecular weight excluding hydrogens is 282 g/mol. The molecule has 3 aliphatic rings. The Morgan fingerprint density at radius 3 is 2.59 bits per heavy atom. The van der Waals surface area contributed by atoms with Crippen LogP contribution in [-0.4, -0.2) is 75.2 Å². The number of nitrogens with one attached hydrogen (secondary N) is 1. The van der Waals surface area contributed by atoms with E-state index < -0.39 is 0 Å². The summed E-state index contributed by atoms with van der Waals surface area (Å²) in [7, 11) is 3.12. The molecule has 3 aliphatic heterocycles. The number of carbonyl (C=O) groups excluding carboxylic acids is 1. The molecule has 2 bridgehead atoms. The summed E-state index contributed by atoms with van der Waals surface area (Å²) in [5.74, 6) is 0.937. The van der Waals surface area contributed by atoms with Crippen molar-refractivity contribution in [3.63, 3.8) is 0 Å². The van der Waals surface area contributed by atoms with Crippen LogP contribution < -0.4 is 14.8 Å². The van der Waals surface area contributed by atoms with Crippen molar-refractivity contribution in [1.29, 1.82) is 0 Å². The smallest absolute Gasteiger partial charge is 0.255 e. The first-order valence-corrected chi connectivity index (χ1v) is 7.68. The minimum atomic E-state index is -0.117. The van der Waals surface area contributed by atoms with E-state index in [0.717, 1.165) is 32.7 Å². The molecule has 3 saturated heterocycles. The number of hydrogen-bond donors (Lipinski definition) is 1. The van der Waals surface area contributed by atoms with E-state index in [4.69, 9.17) is 9.47 Å². The van der Waals surface area contributed by atoms with Gasteiger partial charge in [-0.15, -0.1) is 0 Å². The van der Waals surface area contributed by atoms with Crippen LogP contribution >= 0.6 is 0 Å². The first-order chi connectivity index (χ1) is 10.7. The molecule has 1 atom stereocenters. The number of ether oxygens (including phenoxy) is 2. The van der Waals surface area contributed by atoms with Crippen molar-refractivity contribution >= 4 is 5.91 Å². The highest BCUT2D eigenvalue weighted by Gasteiger charge is 2.32. The van der Waals surface area contributed by atoms with Gasteiger partial charge in [0.25, 0.3) is 5.91 Å². The molecule has 22 heavy (non-hydrogen) atoms. The van der Waals surface area contributed by atoms with Crippen LogP contribution in [0.15, 0.2) is 18.2 Å². The minimum Gasteiger partial charge on any atom is -0.493 e. The molecule has 0 spiro atoms. The summed E-state index contributed by atoms with van der Waals surface area (Å²) in [6.45, 7) is 6.19. The molecule has 120 valence electrons. The average molecular weight is 305 g/mol. The summed E-state index contributed by atoms with van der Waals surface area (Å²) in [6.07, 6.45) is 0. The summed E-state index contributed by atoms with van der Waals surface area (Å²) in [5, 5.41) is 3.04. The normalized spacial score (nSPS) is 26.5. The Hall–Kier alpha value is -1.79. The van der Waals surface area contributed by atoms with E-state index in [9.17, 15) is 4.79 Å². The molecule has 3 fully saturated rings. The summed E-state index contributed by atoms with van der Waals surface area (Å²) < 4.78 is 10.6. The molecule has 0 radical (unpaired) electrons. The molecule has 6 heteroatoms. The lowest BCUT2D eigenvalue weighted by Crippen LogP contribution is -2.63. The minimum absolute atomic E-state index is 0.117. The van der Waals surface area contributed by atoms with Gasteiger partial charge in [-0.25, -0.2) is 0 Å². The van der Waals surface area contributed by atoms with Gasteiger partial charge in [0.15, 0.2) is 11.5 Å². The van der Waals surface area contributed by atoms with E-state index in [-0.39, 0.29) is 5.91 Å². The van der Waals surface area contributed by atoms with E-state index in [1.54, 1.807) is 32.4 Å². The van der Waals surface area contributed by atoms with Gasteiger partial charge >= 0.3 is 0 Å². The van der Waals surface area contributed by atoms with Crippen molar-refractivity contribution in [3.8, 4) is 11.5 Å². The lowest BCUT2D eigenvalue weighted by molar-refractivity contribution is 0.0138. The zero-order valence-corrected chi connectivity index (χ0v) is 13.2. The maximum Gasteiger partial charge on any atom is 0.255 e. The monoisotopic (exact) mass is 305 g/mol. The molecular formula is C16H23N3O3. The zero-order valence-electron chi connectivity index (χ0n) is 13.2. The van der Waals surface area contributed by atoms with Crippen molar-refractivity contribution in [3.05, 3.63) is 23.8 Å². The fourth-order valence-corrected chi connectivity index (χ4v) is 3.29. The maximum absolute atomic E-state index is 12.5. The number of rotatable bonds is 5. The van der Waals surface area contributed by atoms with Crippen molar-refractivity contribution in [2.45, 2.75) is 6.04 Å². The highest BCUT2D eigenvalue weighted by Crippen LogP contribution is 2.30. The van der Waals surface area contributed by atoms with Gasteiger partial charge in [-0.05, 0) is 12.1 Å². The third-order valence-corrected chi connectivity index (χ3v) is 4.54. The zero-order chi connectivity index (χ0) is 15.5. The lowest BCUT2D eigenvalue weighted by atomic mass is 10.1. The molecule has 0 saturated carbocycles. The molecule has 1 aromatic carbocycles. The van der Waals surface area contributed by atoms with Crippen molar-refractivity contribution in [2.24, 2.45) is 0 Å². The molecule has 0 aromatic heterocycles. The molecule has 4 rings (SSSR count). The molecule has 1 unspecified atom stereocenters. The van der Waals surface area contributed by atoms with E-state index >= 15 is 0 Å². The maximum atomic E-state index is 12.5. The van der Waals surface area contributed by atoms with Gasteiger partial charge in [0.05, 0.1) is 19.8 Å². The second kappa shape index (κ2) is 6.54. The lowest BCUT2D eigenvalue weighted by Gasteiger charge is -2.47. The van der Waals surface area contributed by atoms with Crippen LogP contribution in [0.5, 0.6) is 11.5 Å². The van der Waals surface area contributed by atoms with Gasteiger partial charge in [-0.2, -0.15) is 0 Å².